The van der Waals surface area contributed by atoms with E-state index in [1.54, 1.807) is 0 Å². The van der Waals surface area contributed by atoms with E-state index in [0.29, 0.717) is 6.54 Å². The van der Waals surface area contributed by atoms with Gasteiger partial charge in [0.25, 0.3) is 0 Å². The summed E-state index contributed by atoms with van der Waals surface area (Å²) in [5.74, 6) is -0.240. The number of nitrogens with two attached hydrogens (primary N) is 1. The summed E-state index contributed by atoms with van der Waals surface area (Å²) in [5.41, 5.74) is 8.39. The number of methoxy groups -OCH3 is 1. The van der Waals surface area contributed by atoms with Crippen molar-refractivity contribution in [2.75, 3.05) is 13.7 Å². The smallest absolute Gasteiger partial charge is 0.239 e. The highest BCUT2D eigenvalue weighted by molar-refractivity contribution is 5.85. The van der Waals surface area contributed by atoms with E-state index in [1.807, 2.05) is 35.7 Å². The van der Waals surface area contributed by atoms with Crippen molar-refractivity contribution >= 4 is 36.4 Å². The highest BCUT2D eigenvalue weighted by atomic mass is 35.5. The molecule has 2 heterocycles. The van der Waals surface area contributed by atoms with Crippen LogP contribution in [-0.4, -0.2) is 35.1 Å². The summed E-state index contributed by atoms with van der Waals surface area (Å²) in [7, 11) is 1.51. The van der Waals surface area contributed by atoms with Crippen LogP contribution in [0.4, 0.5) is 0 Å². The lowest BCUT2D eigenvalue weighted by atomic mass is 10.3. The van der Waals surface area contributed by atoms with Crippen LogP contribution in [0.25, 0.3) is 5.65 Å². The van der Waals surface area contributed by atoms with E-state index in [4.69, 9.17) is 10.5 Å². The fourth-order valence-corrected chi connectivity index (χ4v) is 1.85. The number of pyridine rings is 1. The number of halogens is 2. The van der Waals surface area contributed by atoms with E-state index in [9.17, 15) is 4.79 Å². The molecule has 0 radical (unpaired) electrons. The van der Waals surface area contributed by atoms with Gasteiger partial charge in [0.15, 0.2) is 0 Å². The molecule has 2 aromatic rings. The van der Waals surface area contributed by atoms with Gasteiger partial charge in [0.2, 0.25) is 5.91 Å². The van der Waals surface area contributed by atoms with Crippen LogP contribution >= 0.6 is 24.8 Å². The minimum atomic E-state index is -0.649. The van der Waals surface area contributed by atoms with E-state index in [-0.39, 0.29) is 37.3 Å². The van der Waals surface area contributed by atoms with Crippen LogP contribution < -0.4 is 11.1 Å². The van der Waals surface area contributed by atoms with Gasteiger partial charge in [-0.2, -0.15) is 0 Å². The van der Waals surface area contributed by atoms with Gasteiger partial charge >= 0.3 is 0 Å². The third kappa shape index (κ3) is 4.86. The van der Waals surface area contributed by atoms with Crippen LogP contribution in [-0.2, 0) is 16.1 Å². The zero-order chi connectivity index (χ0) is 13.8. The summed E-state index contributed by atoms with van der Waals surface area (Å²) in [6, 6.07) is 5.23. The quantitative estimate of drug-likeness (QED) is 0.857. The zero-order valence-corrected chi connectivity index (χ0v) is 13.5. The van der Waals surface area contributed by atoms with Crippen LogP contribution in [0.5, 0.6) is 0 Å². The summed E-state index contributed by atoms with van der Waals surface area (Å²) in [5, 5.41) is 2.74. The summed E-state index contributed by atoms with van der Waals surface area (Å²) in [4.78, 5) is 16.1. The molecule has 0 aliphatic heterocycles. The fraction of sp³-hybridized carbons (Fsp3) is 0.385. The molecule has 0 spiro atoms. The lowest BCUT2D eigenvalue weighted by molar-refractivity contribution is -0.123. The van der Waals surface area contributed by atoms with Crippen molar-refractivity contribution < 1.29 is 9.53 Å². The molecule has 0 saturated heterocycles. The molecule has 0 aliphatic carbocycles. The molecule has 1 unspecified atom stereocenters. The number of rotatable bonds is 5. The number of amides is 1. The van der Waals surface area contributed by atoms with Crippen molar-refractivity contribution in [3.63, 3.8) is 0 Å². The normalized spacial score (nSPS) is 11.4. The van der Waals surface area contributed by atoms with Gasteiger partial charge in [0, 0.05) is 19.0 Å². The maximum absolute atomic E-state index is 11.6. The molecule has 6 nitrogen and oxygen atoms in total. The Hall–Kier alpha value is -1.34. The number of hydrogen-bond donors (Lipinski definition) is 2. The molecule has 118 valence electrons. The molecule has 0 fully saturated rings. The largest absolute Gasteiger partial charge is 0.383 e. The van der Waals surface area contributed by atoms with Gasteiger partial charge in [0.05, 0.1) is 18.8 Å². The number of carbonyl (C=O) groups is 1. The van der Waals surface area contributed by atoms with Crippen LogP contribution in [0.15, 0.2) is 24.4 Å². The molecular formula is C13H20Cl2N4O2. The first-order valence-electron chi connectivity index (χ1n) is 6.07. The van der Waals surface area contributed by atoms with Crippen LogP contribution in [0.3, 0.4) is 0 Å². The Morgan fingerprint density at radius 3 is 2.81 bits per heavy atom. The van der Waals surface area contributed by atoms with Gasteiger partial charge in [-0.15, -0.1) is 24.8 Å². The molecule has 0 bridgehead atoms. The minimum absolute atomic E-state index is 0. The summed E-state index contributed by atoms with van der Waals surface area (Å²) in [6.07, 6.45) is 1.91. The number of nitrogens with one attached hydrogen (secondary N) is 1. The first-order valence-corrected chi connectivity index (χ1v) is 6.07. The Bertz CT molecular complexity index is 589. The zero-order valence-electron chi connectivity index (χ0n) is 11.9. The average Bonchev–Trinajstić information content (AvgIpc) is 2.80. The number of imidazole rings is 1. The highest BCUT2D eigenvalue weighted by Crippen LogP contribution is 2.08. The number of aromatic nitrogens is 2. The molecule has 8 heteroatoms. The van der Waals surface area contributed by atoms with Gasteiger partial charge in [-0.05, 0) is 19.1 Å². The maximum Gasteiger partial charge on any atom is 0.239 e. The Morgan fingerprint density at radius 2 is 2.19 bits per heavy atom. The maximum atomic E-state index is 11.6. The number of nitrogens with zero attached hydrogens (tertiary/aromatic N) is 2. The van der Waals surface area contributed by atoms with Crippen molar-refractivity contribution in [1.29, 1.82) is 0 Å². The second-order valence-electron chi connectivity index (χ2n) is 4.41. The summed E-state index contributed by atoms with van der Waals surface area (Å²) in [6.45, 7) is 2.57. The van der Waals surface area contributed by atoms with Gasteiger partial charge < -0.3 is 20.2 Å². The van der Waals surface area contributed by atoms with Gasteiger partial charge in [-0.3, -0.25) is 4.79 Å². The molecular weight excluding hydrogens is 315 g/mol. The molecule has 2 rings (SSSR count). The predicted octanol–water partition coefficient (Wildman–Crippen LogP) is 1.08. The minimum Gasteiger partial charge on any atom is -0.383 e. The van der Waals surface area contributed by atoms with Crippen molar-refractivity contribution in [1.82, 2.24) is 14.7 Å². The number of ether oxygens (including phenoxy) is 1. The van der Waals surface area contributed by atoms with E-state index < -0.39 is 6.04 Å². The third-order valence-electron chi connectivity index (χ3n) is 2.87. The standard InChI is InChI=1S/C13H18N4O2.2ClH/c1-9-4-3-5-12-16-10(7-17(9)12)6-15-13(18)11(14)8-19-2;;/h3-5,7,11H,6,8,14H2,1-2H3,(H,15,18);2*1H. The highest BCUT2D eigenvalue weighted by Gasteiger charge is 2.13. The topological polar surface area (TPSA) is 81.6 Å². The molecule has 0 aromatic carbocycles. The van der Waals surface area contributed by atoms with E-state index >= 15 is 0 Å². The molecule has 2 aromatic heterocycles. The van der Waals surface area contributed by atoms with Crippen molar-refractivity contribution in [3.8, 4) is 0 Å². The molecule has 1 atom stereocenters. The molecule has 3 N–H and O–H groups in total. The lowest BCUT2D eigenvalue weighted by Crippen LogP contribution is -2.43. The predicted molar refractivity (Wildman–Crippen MR) is 86.1 cm³/mol. The van der Waals surface area contributed by atoms with Crippen LogP contribution in [0.2, 0.25) is 0 Å². The second kappa shape index (κ2) is 8.84. The van der Waals surface area contributed by atoms with E-state index in [2.05, 4.69) is 10.3 Å². The number of hydrogen-bond acceptors (Lipinski definition) is 4. The monoisotopic (exact) mass is 334 g/mol. The Morgan fingerprint density at radius 1 is 1.48 bits per heavy atom. The van der Waals surface area contributed by atoms with Crippen molar-refractivity contribution in [2.45, 2.75) is 19.5 Å². The van der Waals surface area contributed by atoms with Gasteiger partial charge in [0.1, 0.15) is 11.7 Å². The average molecular weight is 335 g/mol. The van der Waals surface area contributed by atoms with E-state index in [0.717, 1.165) is 17.0 Å². The van der Waals surface area contributed by atoms with Crippen molar-refractivity contribution in [2.24, 2.45) is 5.73 Å². The number of fused-ring (bicyclic) bond motifs is 1. The van der Waals surface area contributed by atoms with Crippen molar-refractivity contribution in [3.05, 3.63) is 35.8 Å². The molecule has 1 amide bonds. The fourth-order valence-electron chi connectivity index (χ4n) is 1.85. The second-order valence-corrected chi connectivity index (χ2v) is 4.41. The van der Waals surface area contributed by atoms with Crippen LogP contribution in [0.1, 0.15) is 11.4 Å². The molecule has 21 heavy (non-hydrogen) atoms. The number of carbonyl (C=O) groups excluding carboxylic acids is 1. The Kier molecular flexibility index (Phi) is 8.27. The molecule has 0 aliphatic rings. The Labute approximate surface area is 135 Å². The molecule has 0 saturated carbocycles. The summed E-state index contributed by atoms with van der Waals surface area (Å²) < 4.78 is 6.82. The summed E-state index contributed by atoms with van der Waals surface area (Å²) >= 11 is 0. The number of aryl methyl sites for hydroxylation is 1. The lowest BCUT2D eigenvalue weighted by Gasteiger charge is -2.09. The van der Waals surface area contributed by atoms with Gasteiger partial charge in [-0.25, -0.2) is 4.98 Å². The first kappa shape index (κ1) is 19.7. The van der Waals surface area contributed by atoms with E-state index in [1.165, 1.54) is 7.11 Å². The first-order chi connectivity index (χ1) is 9.11. The SMILES string of the molecule is COCC(N)C(=O)NCc1cn2c(C)cccc2n1.Cl.Cl. The van der Waals surface area contributed by atoms with Crippen LogP contribution in [0, 0.1) is 6.92 Å². The van der Waals surface area contributed by atoms with Gasteiger partial charge in [-0.1, -0.05) is 6.07 Å². The Balaban J connectivity index is 0.00000200. The third-order valence-corrected chi connectivity index (χ3v) is 2.87.